The molecule has 1 atom stereocenters. The third-order valence-electron chi connectivity index (χ3n) is 3.78. The van der Waals surface area contributed by atoms with E-state index >= 15 is 0 Å². The zero-order valence-corrected chi connectivity index (χ0v) is 13.0. The van der Waals surface area contributed by atoms with Crippen LogP contribution in [0.15, 0.2) is 11.2 Å². The molecule has 6 nitrogen and oxygen atoms in total. The van der Waals surface area contributed by atoms with Crippen LogP contribution in [0.5, 0.6) is 0 Å². The smallest absolute Gasteiger partial charge is 0.259 e. The number of nitrogens with one attached hydrogen (secondary N) is 2. The molecule has 0 radical (unpaired) electrons. The van der Waals surface area contributed by atoms with Crippen molar-refractivity contribution in [1.82, 2.24) is 19.6 Å². The van der Waals surface area contributed by atoms with Gasteiger partial charge >= 0.3 is 0 Å². The molecule has 0 aliphatic carbocycles. The molecule has 0 spiro atoms. The average molecular weight is 321 g/mol. The molecule has 0 saturated carbocycles. The quantitative estimate of drug-likeness (QED) is 0.858. The van der Waals surface area contributed by atoms with Gasteiger partial charge in [-0.1, -0.05) is 0 Å². The molecule has 8 heteroatoms. The molecule has 0 unspecified atom stereocenters. The third kappa shape index (κ3) is 3.33. The van der Waals surface area contributed by atoms with Gasteiger partial charge in [0.1, 0.15) is 5.82 Å². The normalized spacial score (nSPS) is 22.9. The zero-order chi connectivity index (χ0) is 13.3. The first kappa shape index (κ1) is 15.8. The van der Waals surface area contributed by atoms with Crippen LogP contribution in [0.4, 0.5) is 0 Å². The van der Waals surface area contributed by atoms with E-state index in [4.69, 9.17) is 0 Å². The minimum atomic E-state index is -3.48. The Morgan fingerprint density at radius 2 is 2.20 bits per heavy atom. The molecule has 1 aromatic rings. The van der Waals surface area contributed by atoms with E-state index < -0.39 is 10.0 Å². The summed E-state index contributed by atoms with van der Waals surface area (Å²) in [6.45, 7) is 2.55. The average Bonchev–Trinajstić information content (AvgIpc) is 2.84. The number of rotatable bonds is 3. The lowest BCUT2D eigenvalue weighted by molar-refractivity contribution is 0.428. The number of hydrogen-bond acceptors (Lipinski definition) is 4. The maximum absolute atomic E-state index is 12.3. The molecule has 2 aliphatic heterocycles. The first-order valence-electron chi connectivity index (χ1n) is 6.94. The van der Waals surface area contributed by atoms with Gasteiger partial charge in [-0.15, -0.1) is 12.4 Å². The van der Waals surface area contributed by atoms with Crippen molar-refractivity contribution in [1.29, 1.82) is 0 Å². The van der Waals surface area contributed by atoms with Gasteiger partial charge in [0, 0.05) is 31.7 Å². The second kappa shape index (κ2) is 6.43. The van der Waals surface area contributed by atoms with Crippen LogP contribution in [0.2, 0.25) is 0 Å². The highest BCUT2D eigenvalue weighted by molar-refractivity contribution is 7.89. The van der Waals surface area contributed by atoms with Crippen LogP contribution in [-0.2, 0) is 23.0 Å². The van der Waals surface area contributed by atoms with Crippen molar-refractivity contribution < 1.29 is 8.42 Å². The molecule has 114 valence electrons. The summed E-state index contributed by atoms with van der Waals surface area (Å²) in [5.41, 5.74) is 0. The fourth-order valence-corrected chi connectivity index (χ4v) is 4.00. The Labute approximate surface area is 125 Å². The van der Waals surface area contributed by atoms with Crippen LogP contribution >= 0.6 is 12.4 Å². The van der Waals surface area contributed by atoms with Gasteiger partial charge in [-0.05, 0) is 32.2 Å². The number of sulfonamides is 1. The van der Waals surface area contributed by atoms with E-state index in [1.54, 1.807) is 6.20 Å². The summed E-state index contributed by atoms with van der Waals surface area (Å²) < 4.78 is 29.3. The minimum Gasteiger partial charge on any atom is -0.333 e. The Kier molecular flexibility index (Phi) is 5.06. The highest BCUT2D eigenvalue weighted by atomic mass is 35.5. The maximum atomic E-state index is 12.3. The van der Waals surface area contributed by atoms with E-state index in [9.17, 15) is 8.42 Å². The molecular formula is C12H21ClN4O2S. The number of imidazole rings is 1. The van der Waals surface area contributed by atoms with Gasteiger partial charge < -0.3 is 9.88 Å². The van der Waals surface area contributed by atoms with E-state index in [1.807, 2.05) is 4.57 Å². The summed E-state index contributed by atoms with van der Waals surface area (Å²) >= 11 is 0. The summed E-state index contributed by atoms with van der Waals surface area (Å²) in [6.07, 6.45) is 6.64. The molecule has 1 fully saturated rings. The fourth-order valence-electron chi connectivity index (χ4n) is 2.75. The van der Waals surface area contributed by atoms with Crippen LogP contribution in [0.25, 0.3) is 0 Å². The number of fused-ring (bicyclic) bond motifs is 1. The van der Waals surface area contributed by atoms with Crippen molar-refractivity contribution in [2.75, 3.05) is 13.1 Å². The van der Waals surface area contributed by atoms with Crippen molar-refractivity contribution in [3.05, 3.63) is 12.0 Å². The lowest BCUT2D eigenvalue weighted by atomic mass is 10.1. The van der Waals surface area contributed by atoms with E-state index in [2.05, 4.69) is 15.0 Å². The molecule has 2 aliphatic rings. The Balaban J connectivity index is 0.00000147. The number of aromatic nitrogens is 2. The van der Waals surface area contributed by atoms with Crippen LogP contribution in [-0.4, -0.2) is 37.1 Å². The standard InChI is InChI=1S/C12H20N4O2S.ClH/c17-19(18,15-10-4-3-6-13-8-10)12-9-16-7-2-1-5-11(16)14-12;/h9-10,13,15H,1-8H2;1H/t10-;/m1./s1. The molecule has 0 aromatic carbocycles. The topological polar surface area (TPSA) is 76.0 Å². The zero-order valence-electron chi connectivity index (χ0n) is 11.3. The maximum Gasteiger partial charge on any atom is 0.259 e. The molecule has 3 heterocycles. The predicted molar refractivity (Wildman–Crippen MR) is 78.6 cm³/mol. The summed E-state index contributed by atoms with van der Waals surface area (Å²) in [6, 6.07) is -0.0162. The molecule has 2 N–H and O–H groups in total. The highest BCUT2D eigenvalue weighted by Gasteiger charge is 2.25. The molecular weight excluding hydrogens is 300 g/mol. The molecule has 0 amide bonds. The number of piperidine rings is 1. The minimum absolute atomic E-state index is 0. The van der Waals surface area contributed by atoms with Crippen LogP contribution in [0, 0.1) is 0 Å². The Morgan fingerprint density at radius 3 is 2.90 bits per heavy atom. The third-order valence-corrected chi connectivity index (χ3v) is 5.17. The van der Waals surface area contributed by atoms with Crippen molar-refractivity contribution in [3.8, 4) is 0 Å². The first-order chi connectivity index (χ1) is 9.15. The molecule has 20 heavy (non-hydrogen) atoms. The summed E-state index contributed by atoms with van der Waals surface area (Å²) in [4.78, 5) is 4.28. The van der Waals surface area contributed by atoms with Crippen LogP contribution < -0.4 is 10.0 Å². The lowest BCUT2D eigenvalue weighted by Crippen LogP contribution is -2.45. The second-order valence-corrected chi connectivity index (χ2v) is 6.97. The Bertz CT molecular complexity index is 528. The van der Waals surface area contributed by atoms with Crippen molar-refractivity contribution in [2.24, 2.45) is 0 Å². The number of nitrogens with zero attached hydrogens (tertiary/aromatic N) is 2. The van der Waals surface area contributed by atoms with Gasteiger partial charge in [0.15, 0.2) is 5.03 Å². The predicted octanol–water partition coefficient (Wildman–Crippen LogP) is 0.671. The van der Waals surface area contributed by atoms with E-state index in [1.165, 1.54) is 0 Å². The van der Waals surface area contributed by atoms with Gasteiger partial charge in [0.05, 0.1) is 0 Å². The largest absolute Gasteiger partial charge is 0.333 e. The molecule has 0 bridgehead atoms. The van der Waals surface area contributed by atoms with Crippen molar-refractivity contribution in [3.63, 3.8) is 0 Å². The van der Waals surface area contributed by atoms with Gasteiger partial charge in [-0.25, -0.2) is 18.1 Å². The van der Waals surface area contributed by atoms with Gasteiger partial charge in [0.2, 0.25) is 0 Å². The number of aryl methyl sites for hydroxylation is 2. The second-order valence-electron chi connectivity index (χ2n) is 5.31. The molecule has 3 rings (SSSR count). The van der Waals surface area contributed by atoms with Crippen LogP contribution in [0.3, 0.4) is 0 Å². The highest BCUT2D eigenvalue weighted by Crippen LogP contribution is 2.18. The summed E-state index contributed by atoms with van der Waals surface area (Å²) in [5, 5.41) is 3.38. The summed E-state index contributed by atoms with van der Waals surface area (Å²) in [7, 11) is -3.48. The Hall–Kier alpha value is -0.630. The first-order valence-corrected chi connectivity index (χ1v) is 8.42. The lowest BCUT2D eigenvalue weighted by Gasteiger charge is -2.23. The van der Waals surface area contributed by atoms with Gasteiger partial charge in [-0.3, -0.25) is 0 Å². The van der Waals surface area contributed by atoms with Crippen molar-refractivity contribution in [2.45, 2.75) is 49.7 Å². The monoisotopic (exact) mass is 320 g/mol. The summed E-state index contributed by atoms with van der Waals surface area (Å²) in [5.74, 6) is 0.897. The fraction of sp³-hybridized carbons (Fsp3) is 0.750. The SMILES string of the molecule is Cl.O=S(=O)(N[C@@H]1CCCNC1)c1cn2c(n1)CCCC2. The molecule has 1 saturated heterocycles. The number of hydrogen-bond donors (Lipinski definition) is 2. The number of halogens is 1. The van der Waals surface area contributed by atoms with E-state index in [0.717, 1.165) is 51.0 Å². The molecule has 1 aromatic heterocycles. The van der Waals surface area contributed by atoms with Gasteiger partial charge in [0.25, 0.3) is 10.0 Å². The van der Waals surface area contributed by atoms with E-state index in [0.29, 0.717) is 6.54 Å². The van der Waals surface area contributed by atoms with E-state index in [-0.39, 0.29) is 23.5 Å². The Morgan fingerprint density at radius 1 is 1.35 bits per heavy atom. The van der Waals surface area contributed by atoms with Crippen molar-refractivity contribution >= 4 is 22.4 Å². The van der Waals surface area contributed by atoms with Gasteiger partial charge in [-0.2, -0.15) is 0 Å². The van der Waals surface area contributed by atoms with Crippen LogP contribution in [0.1, 0.15) is 31.5 Å².